The van der Waals surface area contributed by atoms with Crippen molar-refractivity contribution in [3.05, 3.63) is 38.9 Å². The number of benzene rings is 1. The van der Waals surface area contributed by atoms with E-state index in [-0.39, 0.29) is 29.1 Å². The molecule has 1 atom stereocenters. The van der Waals surface area contributed by atoms with E-state index in [2.05, 4.69) is 0 Å². The number of non-ortho nitro benzene ring substituents is 1. The summed E-state index contributed by atoms with van der Waals surface area (Å²) in [6, 6.07) is 4.18. The predicted molar refractivity (Wildman–Crippen MR) is 71.0 cm³/mol. The first kappa shape index (κ1) is 13.8. The maximum Gasteiger partial charge on any atom is 0.270 e. The molecular weight excluding hydrogens is 270 g/mol. The summed E-state index contributed by atoms with van der Waals surface area (Å²) in [5.74, 6) is -0.0521. The standard InChI is InChI=1S/C12H14ClN3O3/c13-11-6-10(16(18)19)2-1-8(11)5-12(17)15-4-3-9(14)7-15/h1-2,6,9H,3-5,7,14H2/t9-/m1/s1. The molecule has 1 aliphatic rings. The maximum absolute atomic E-state index is 12.0. The van der Waals surface area contributed by atoms with E-state index in [1.54, 1.807) is 4.90 Å². The highest BCUT2D eigenvalue weighted by Gasteiger charge is 2.24. The van der Waals surface area contributed by atoms with Crippen molar-refractivity contribution >= 4 is 23.2 Å². The second kappa shape index (κ2) is 5.54. The Kier molecular flexibility index (Phi) is 4.01. The summed E-state index contributed by atoms with van der Waals surface area (Å²) in [6.07, 6.45) is 0.948. The molecule has 1 heterocycles. The Morgan fingerprint density at radius 2 is 2.32 bits per heavy atom. The van der Waals surface area contributed by atoms with Gasteiger partial charge < -0.3 is 10.6 Å². The summed E-state index contributed by atoms with van der Waals surface area (Å²) in [5.41, 5.74) is 6.26. The molecule has 19 heavy (non-hydrogen) atoms. The van der Waals surface area contributed by atoms with Crippen molar-refractivity contribution in [2.75, 3.05) is 13.1 Å². The van der Waals surface area contributed by atoms with E-state index in [0.717, 1.165) is 6.42 Å². The molecule has 1 saturated heterocycles. The van der Waals surface area contributed by atoms with Crippen LogP contribution < -0.4 is 5.73 Å². The van der Waals surface area contributed by atoms with Gasteiger partial charge in [0.1, 0.15) is 0 Å². The third-order valence-corrected chi connectivity index (χ3v) is 3.52. The molecule has 1 fully saturated rings. The zero-order valence-corrected chi connectivity index (χ0v) is 11.0. The molecule has 0 spiro atoms. The van der Waals surface area contributed by atoms with Crippen LogP contribution in [-0.2, 0) is 11.2 Å². The number of rotatable bonds is 3. The Morgan fingerprint density at radius 1 is 1.58 bits per heavy atom. The van der Waals surface area contributed by atoms with Crippen LogP contribution in [0.2, 0.25) is 5.02 Å². The number of likely N-dealkylation sites (tertiary alicyclic amines) is 1. The third-order valence-electron chi connectivity index (χ3n) is 3.17. The summed E-state index contributed by atoms with van der Waals surface area (Å²) in [5, 5.41) is 10.8. The predicted octanol–water partition coefficient (Wildman–Crippen LogP) is 1.35. The number of hydrogen-bond donors (Lipinski definition) is 1. The van der Waals surface area contributed by atoms with Crippen LogP contribution in [-0.4, -0.2) is 34.9 Å². The van der Waals surface area contributed by atoms with Gasteiger partial charge in [-0.1, -0.05) is 17.7 Å². The van der Waals surface area contributed by atoms with E-state index in [4.69, 9.17) is 17.3 Å². The molecule has 2 N–H and O–H groups in total. The van der Waals surface area contributed by atoms with Gasteiger partial charge in [-0.25, -0.2) is 0 Å². The largest absolute Gasteiger partial charge is 0.341 e. The van der Waals surface area contributed by atoms with Gasteiger partial charge in [0.15, 0.2) is 0 Å². The molecule has 7 heteroatoms. The Hall–Kier alpha value is -1.66. The molecule has 0 radical (unpaired) electrons. The molecule has 1 amide bonds. The zero-order chi connectivity index (χ0) is 14.0. The molecule has 2 rings (SSSR count). The van der Waals surface area contributed by atoms with E-state index >= 15 is 0 Å². The fraction of sp³-hybridized carbons (Fsp3) is 0.417. The number of amides is 1. The number of halogens is 1. The number of carbonyl (C=O) groups is 1. The second-order valence-corrected chi connectivity index (χ2v) is 5.01. The van der Waals surface area contributed by atoms with Gasteiger partial charge >= 0.3 is 0 Å². The molecule has 102 valence electrons. The molecule has 0 aromatic heterocycles. The average molecular weight is 284 g/mol. The summed E-state index contributed by atoms with van der Waals surface area (Å²) < 4.78 is 0. The van der Waals surface area contributed by atoms with E-state index < -0.39 is 4.92 Å². The molecule has 0 bridgehead atoms. The highest BCUT2D eigenvalue weighted by molar-refractivity contribution is 6.31. The van der Waals surface area contributed by atoms with Crippen LogP contribution in [0.5, 0.6) is 0 Å². The van der Waals surface area contributed by atoms with Crippen LogP contribution in [0.25, 0.3) is 0 Å². The van der Waals surface area contributed by atoms with Gasteiger partial charge in [0.25, 0.3) is 5.69 Å². The summed E-state index contributed by atoms with van der Waals surface area (Å²) in [4.78, 5) is 23.8. The molecule has 1 aromatic carbocycles. The number of carbonyl (C=O) groups excluding carboxylic acids is 1. The molecule has 0 saturated carbocycles. The lowest BCUT2D eigenvalue weighted by Crippen LogP contribution is -2.32. The lowest BCUT2D eigenvalue weighted by molar-refractivity contribution is -0.384. The zero-order valence-electron chi connectivity index (χ0n) is 10.2. The van der Waals surface area contributed by atoms with Crippen molar-refractivity contribution in [2.45, 2.75) is 18.9 Å². The topological polar surface area (TPSA) is 89.5 Å². The molecule has 6 nitrogen and oxygen atoms in total. The highest BCUT2D eigenvalue weighted by Crippen LogP contribution is 2.23. The minimum Gasteiger partial charge on any atom is -0.341 e. The van der Waals surface area contributed by atoms with Crippen molar-refractivity contribution in [1.82, 2.24) is 4.90 Å². The fourth-order valence-electron chi connectivity index (χ4n) is 2.08. The van der Waals surface area contributed by atoms with Crippen LogP contribution in [0.4, 0.5) is 5.69 Å². The number of nitrogens with two attached hydrogens (primary N) is 1. The van der Waals surface area contributed by atoms with E-state index in [0.29, 0.717) is 18.7 Å². The van der Waals surface area contributed by atoms with Crippen molar-refractivity contribution < 1.29 is 9.72 Å². The van der Waals surface area contributed by atoms with Gasteiger partial charge in [-0.3, -0.25) is 14.9 Å². The number of nitrogens with zero attached hydrogens (tertiary/aromatic N) is 2. The van der Waals surface area contributed by atoms with Gasteiger partial charge in [0.2, 0.25) is 5.91 Å². The fourth-order valence-corrected chi connectivity index (χ4v) is 2.32. The van der Waals surface area contributed by atoms with Crippen LogP contribution >= 0.6 is 11.6 Å². The Balaban J connectivity index is 2.07. The van der Waals surface area contributed by atoms with Gasteiger partial charge in [0.05, 0.1) is 16.4 Å². The molecule has 0 unspecified atom stereocenters. The first-order valence-corrected chi connectivity index (χ1v) is 6.31. The Bertz CT molecular complexity index is 521. The van der Waals surface area contributed by atoms with Crippen LogP contribution in [0, 0.1) is 10.1 Å². The number of hydrogen-bond acceptors (Lipinski definition) is 4. The minimum atomic E-state index is -0.517. The van der Waals surface area contributed by atoms with Crippen LogP contribution in [0.1, 0.15) is 12.0 Å². The highest BCUT2D eigenvalue weighted by atomic mass is 35.5. The van der Waals surface area contributed by atoms with Crippen molar-refractivity contribution in [2.24, 2.45) is 5.73 Å². The maximum atomic E-state index is 12.0. The van der Waals surface area contributed by atoms with Crippen molar-refractivity contribution in [1.29, 1.82) is 0 Å². The second-order valence-electron chi connectivity index (χ2n) is 4.60. The van der Waals surface area contributed by atoms with E-state index in [1.807, 2.05) is 0 Å². The minimum absolute atomic E-state index is 0.0382. The quantitative estimate of drug-likeness (QED) is 0.670. The molecule has 1 aliphatic heterocycles. The van der Waals surface area contributed by atoms with Crippen LogP contribution in [0.15, 0.2) is 18.2 Å². The Morgan fingerprint density at radius 3 is 2.84 bits per heavy atom. The SMILES string of the molecule is N[C@@H]1CCN(C(=O)Cc2ccc([N+](=O)[O-])cc2Cl)C1. The van der Waals surface area contributed by atoms with Crippen molar-refractivity contribution in [3.63, 3.8) is 0 Å². The first-order valence-electron chi connectivity index (χ1n) is 5.93. The van der Waals surface area contributed by atoms with Gasteiger partial charge in [-0.2, -0.15) is 0 Å². The number of nitro benzene ring substituents is 1. The first-order chi connectivity index (χ1) is 8.97. The van der Waals surface area contributed by atoms with E-state index in [9.17, 15) is 14.9 Å². The van der Waals surface area contributed by atoms with Gasteiger partial charge in [-0.15, -0.1) is 0 Å². The lowest BCUT2D eigenvalue weighted by Gasteiger charge is -2.16. The summed E-state index contributed by atoms with van der Waals surface area (Å²) in [7, 11) is 0. The molecule has 1 aromatic rings. The van der Waals surface area contributed by atoms with Gasteiger partial charge in [-0.05, 0) is 12.0 Å². The Labute approximate surface area is 115 Å². The normalized spacial score (nSPS) is 18.6. The molecule has 0 aliphatic carbocycles. The third kappa shape index (κ3) is 3.21. The summed E-state index contributed by atoms with van der Waals surface area (Å²) >= 11 is 5.95. The van der Waals surface area contributed by atoms with Gasteiger partial charge in [0, 0.05) is 31.3 Å². The van der Waals surface area contributed by atoms with Crippen LogP contribution in [0.3, 0.4) is 0 Å². The van der Waals surface area contributed by atoms with Crippen molar-refractivity contribution in [3.8, 4) is 0 Å². The molecular formula is C12H14ClN3O3. The monoisotopic (exact) mass is 283 g/mol. The average Bonchev–Trinajstić information content (AvgIpc) is 2.78. The van der Waals surface area contributed by atoms with E-state index in [1.165, 1.54) is 18.2 Å². The smallest absolute Gasteiger partial charge is 0.270 e. The lowest BCUT2D eigenvalue weighted by atomic mass is 10.1. The number of nitro groups is 1. The summed E-state index contributed by atoms with van der Waals surface area (Å²) in [6.45, 7) is 1.22.